The molecule has 5 nitrogen and oxygen atoms in total. The van der Waals surface area contributed by atoms with Gasteiger partial charge in [0.05, 0.1) is 5.69 Å². The van der Waals surface area contributed by atoms with Gasteiger partial charge in [-0.1, -0.05) is 33.2 Å². The Labute approximate surface area is 145 Å². The highest BCUT2D eigenvalue weighted by Crippen LogP contribution is 2.13. The molecule has 23 heavy (non-hydrogen) atoms. The molecule has 124 valence electrons. The Hall–Kier alpha value is -1.82. The minimum absolute atomic E-state index is 0.792. The smallest absolute Gasteiger partial charge is 0.193 e. The van der Waals surface area contributed by atoms with Crippen molar-refractivity contribution in [2.45, 2.75) is 26.8 Å². The van der Waals surface area contributed by atoms with Crippen LogP contribution < -0.4 is 5.32 Å². The third kappa shape index (κ3) is 4.82. The topological polar surface area (TPSA) is 53.7 Å². The van der Waals surface area contributed by atoms with Gasteiger partial charge in [0.1, 0.15) is 5.76 Å². The van der Waals surface area contributed by atoms with Crippen LogP contribution in [0.5, 0.6) is 0 Å². The average molecular weight is 379 g/mol. The van der Waals surface area contributed by atoms with Crippen molar-refractivity contribution >= 4 is 21.9 Å². The molecule has 0 aliphatic heterocycles. The molecular formula is C17H23BrN4O. The van der Waals surface area contributed by atoms with Crippen LogP contribution in [-0.2, 0) is 13.0 Å². The van der Waals surface area contributed by atoms with Gasteiger partial charge in [-0.05, 0) is 38.0 Å². The first kappa shape index (κ1) is 17.5. The number of aromatic nitrogens is 1. The molecular weight excluding hydrogens is 356 g/mol. The Morgan fingerprint density at radius 3 is 2.57 bits per heavy atom. The average Bonchev–Trinajstić information content (AvgIpc) is 2.85. The maximum absolute atomic E-state index is 5.19. The van der Waals surface area contributed by atoms with E-state index < -0.39 is 0 Å². The van der Waals surface area contributed by atoms with Crippen LogP contribution in [0, 0.1) is 13.8 Å². The van der Waals surface area contributed by atoms with E-state index in [4.69, 9.17) is 4.52 Å². The van der Waals surface area contributed by atoms with Gasteiger partial charge in [0.15, 0.2) is 5.96 Å². The molecule has 0 saturated heterocycles. The molecule has 1 aromatic carbocycles. The zero-order valence-electron chi connectivity index (χ0n) is 14.1. The number of aryl methyl sites for hydroxylation is 2. The van der Waals surface area contributed by atoms with E-state index in [1.165, 1.54) is 11.1 Å². The molecule has 0 fully saturated rings. The minimum Gasteiger partial charge on any atom is -0.361 e. The van der Waals surface area contributed by atoms with E-state index in [1.807, 2.05) is 20.9 Å². The molecule has 0 amide bonds. The highest BCUT2D eigenvalue weighted by atomic mass is 79.9. The highest BCUT2D eigenvalue weighted by Gasteiger charge is 2.10. The summed E-state index contributed by atoms with van der Waals surface area (Å²) in [6.07, 6.45) is 0.867. The van der Waals surface area contributed by atoms with Crippen molar-refractivity contribution in [3.63, 3.8) is 0 Å². The van der Waals surface area contributed by atoms with Crippen molar-refractivity contribution in [1.82, 2.24) is 15.4 Å². The molecule has 0 radical (unpaired) electrons. The van der Waals surface area contributed by atoms with Gasteiger partial charge in [0.25, 0.3) is 0 Å². The molecule has 1 aromatic heterocycles. The molecule has 1 N–H and O–H groups in total. The second kappa shape index (κ2) is 8.15. The third-order valence-electron chi connectivity index (χ3n) is 3.75. The van der Waals surface area contributed by atoms with Crippen LogP contribution >= 0.6 is 15.9 Å². The molecule has 0 atom stereocenters. The molecule has 6 heteroatoms. The third-order valence-corrected chi connectivity index (χ3v) is 4.27. The second-order valence-electron chi connectivity index (χ2n) is 5.51. The van der Waals surface area contributed by atoms with Gasteiger partial charge in [0, 0.05) is 37.2 Å². The molecule has 0 aliphatic rings. The van der Waals surface area contributed by atoms with E-state index in [-0.39, 0.29) is 0 Å². The molecule has 0 saturated carbocycles. The number of guanidine groups is 1. The van der Waals surface area contributed by atoms with Crippen LogP contribution in [0.4, 0.5) is 0 Å². The summed E-state index contributed by atoms with van der Waals surface area (Å²) >= 11 is 3.46. The van der Waals surface area contributed by atoms with E-state index in [0.29, 0.717) is 0 Å². The van der Waals surface area contributed by atoms with Crippen molar-refractivity contribution in [3.05, 3.63) is 51.3 Å². The summed E-state index contributed by atoms with van der Waals surface area (Å²) in [4.78, 5) is 6.46. The largest absolute Gasteiger partial charge is 0.361 e. The van der Waals surface area contributed by atoms with Crippen molar-refractivity contribution in [2.24, 2.45) is 4.99 Å². The Kier molecular flexibility index (Phi) is 6.21. The van der Waals surface area contributed by atoms with E-state index in [1.54, 1.807) is 7.05 Å². The van der Waals surface area contributed by atoms with Crippen LogP contribution in [0.3, 0.4) is 0 Å². The Bertz CT molecular complexity index is 644. The summed E-state index contributed by atoms with van der Waals surface area (Å²) in [7, 11) is 3.84. The highest BCUT2D eigenvalue weighted by molar-refractivity contribution is 9.10. The maximum Gasteiger partial charge on any atom is 0.193 e. The molecule has 2 rings (SSSR count). The predicted molar refractivity (Wildman–Crippen MR) is 96.7 cm³/mol. The van der Waals surface area contributed by atoms with Crippen molar-refractivity contribution in [1.29, 1.82) is 0 Å². The number of hydrogen-bond donors (Lipinski definition) is 1. The van der Waals surface area contributed by atoms with Gasteiger partial charge >= 0.3 is 0 Å². The number of nitrogens with one attached hydrogen (secondary N) is 1. The second-order valence-corrected chi connectivity index (χ2v) is 6.42. The monoisotopic (exact) mass is 378 g/mol. The maximum atomic E-state index is 5.19. The van der Waals surface area contributed by atoms with Gasteiger partial charge in [0.2, 0.25) is 0 Å². The number of benzene rings is 1. The molecule has 0 bridgehead atoms. The summed E-state index contributed by atoms with van der Waals surface area (Å²) in [5.41, 5.74) is 3.37. The fraction of sp³-hybridized carbons (Fsp3) is 0.412. The van der Waals surface area contributed by atoms with Crippen LogP contribution in [-0.4, -0.2) is 36.7 Å². The lowest BCUT2D eigenvalue weighted by molar-refractivity contribution is 0.392. The van der Waals surface area contributed by atoms with E-state index in [9.17, 15) is 0 Å². The molecule has 0 spiro atoms. The fourth-order valence-electron chi connectivity index (χ4n) is 2.48. The summed E-state index contributed by atoms with van der Waals surface area (Å²) < 4.78 is 6.28. The van der Waals surface area contributed by atoms with Crippen LogP contribution in [0.15, 0.2) is 38.3 Å². The molecule has 0 aliphatic carbocycles. The first-order valence-corrected chi connectivity index (χ1v) is 8.38. The fourth-order valence-corrected chi connectivity index (χ4v) is 2.75. The normalized spacial score (nSPS) is 11.6. The van der Waals surface area contributed by atoms with E-state index in [0.717, 1.165) is 41.4 Å². The number of halogens is 1. The lowest BCUT2D eigenvalue weighted by atomic mass is 10.1. The zero-order chi connectivity index (χ0) is 16.8. The lowest BCUT2D eigenvalue weighted by Crippen LogP contribution is -2.39. The standard InChI is InChI=1S/C17H23BrN4O/c1-12-16(13(2)23-21-12)9-10-20-17(19-3)22(4)11-14-5-7-15(18)8-6-14/h5-8H,9-11H2,1-4H3,(H,19,20). The van der Waals surface area contributed by atoms with Crippen molar-refractivity contribution < 1.29 is 4.52 Å². The predicted octanol–water partition coefficient (Wildman–Crippen LogP) is 3.30. The lowest BCUT2D eigenvalue weighted by Gasteiger charge is -2.22. The summed E-state index contributed by atoms with van der Waals surface area (Å²) in [5, 5.41) is 7.38. The van der Waals surface area contributed by atoms with Crippen LogP contribution in [0.2, 0.25) is 0 Å². The summed E-state index contributed by atoms with van der Waals surface area (Å²) in [6, 6.07) is 8.32. The van der Waals surface area contributed by atoms with E-state index in [2.05, 4.69) is 60.6 Å². The Morgan fingerprint density at radius 2 is 2.00 bits per heavy atom. The van der Waals surface area contributed by atoms with Crippen LogP contribution in [0.1, 0.15) is 22.6 Å². The quantitative estimate of drug-likeness (QED) is 0.640. The molecule has 2 aromatic rings. The van der Waals surface area contributed by atoms with Gasteiger partial charge < -0.3 is 14.7 Å². The number of nitrogens with zero attached hydrogens (tertiary/aromatic N) is 3. The molecule has 1 heterocycles. The van der Waals surface area contributed by atoms with Gasteiger partial charge in [-0.15, -0.1) is 0 Å². The number of hydrogen-bond acceptors (Lipinski definition) is 3. The Balaban J connectivity index is 1.88. The first-order chi connectivity index (χ1) is 11.0. The SMILES string of the molecule is CN=C(NCCc1c(C)noc1C)N(C)Cc1ccc(Br)cc1. The number of rotatable bonds is 5. The van der Waals surface area contributed by atoms with E-state index >= 15 is 0 Å². The minimum atomic E-state index is 0.792. The van der Waals surface area contributed by atoms with Gasteiger partial charge in [-0.3, -0.25) is 4.99 Å². The van der Waals surface area contributed by atoms with Crippen LogP contribution in [0.25, 0.3) is 0 Å². The summed E-state index contributed by atoms with van der Waals surface area (Å²) in [6.45, 7) is 5.52. The Morgan fingerprint density at radius 1 is 1.30 bits per heavy atom. The zero-order valence-corrected chi connectivity index (χ0v) is 15.6. The number of aliphatic imine (C=N–C) groups is 1. The van der Waals surface area contributed by atoms with Crippen molar-refractivity contribution in [3.8, 4) is 0 Å². The van der Waals surface area contributed by atoms with Gasteiger partial charge in [-0.25, -0.2) is 0 Å². The summed E-state index contributed by atoms with van der Waals surface area (Å²) in [5.74, 6) is 1.77. The van der Waals surface area contributed by atoms with Crippen molar-refractivity contribution in [2.75, 3.05) is 20.6 Å². The first-order valence-electron chi connectivity index (χ1n) is 7.59. The molecule has 0 unspecified atom stereocenters. The van der Waals surface area contributed by atoms with Gasteiger partial charge in [-0.2, -0.15) is 0 Å².